The number of nitrogens with one attached hydrogen (secondary N) is 2. The van der Waals surface area contributed by atoms with E-state index in [9.17, 15) is 4.79 Å². The van der Waals surface area contributed by atoms with Gasteiger partial charge >= 0.3 is 5.97 Å². The summed E-state index contributed by atoms with van der Waals surface area (Å²) in [5.41, 5.74) is 2.83. The number of nitrogens with zero attached hydrogens (tertiary/aromatic N) is 1. The number of thiocarbonyl (C=S) groups is 1. The minimum Gasteiger partial charge on any atom is -0.462 e. The Bertz CT molecular complexity index is 790. The highest BCUT2D eigenvalue weighted by atomic mass is 32.1. The molecule has 2 aromatic heterocycles. The Kier molecular flexibility index (Phi) is 6.21. The zero-order valence-electron chi connectivity index (χ0n) is 15.0. The number of thiophene rings is 1. The normalized spacial score (nSPS) is 15.8. The number of esters is 1. The van der Waals surface area contributed by atoms with Gasteiger partial charge in [-0.3, -0.25) is 4.98 Å². The number of pyridine rings is 1. The van der Waals surface area contributed by atoms with Gasteiger partial charge in [0.1, 0.15) is 5.00 Å². The summed E-state index contributed by atoms with van der Waals surface area (Å²) >= 11 is 7.04. The molecule has 1 atom stereocenters. The number of aromatic nitrogens is 1. The first kappa shape index (κ1) is 18.8. The number of carbonyl (C=O) groups excluding carboxylic acids is 1. The van der Waals surface area contributed by atoms with Crippen molar-refractivity contribution in [2.45, 2.75) is 39.7 Å². The van der Waals surface area contributed by atoms with E-state index >= 15 is 0 Å². The molecule has 138 valence electrons. The Hall–Kier alpha value is -1.99. The second-order valence-electron chi connectivity index (χ2n) is 6.45. The molecule has 0 fully saturated rings. The van der Waals surface area contributed by atoms with E-state index in [0.29, 0.717) is 29.7 Å². The van der Waals surface area contributed by atoms with Crippen molar-refractivity contribution in [1.82, 2.24) is 10.3 Å². The molecule has 0 amide bonds. The van der Waals surface area contributed by atoms with Crippen LogP contribution in [0.4, 0.5) is 5.00 Å². The molecule has 0 saturated heterocycles. The lowest BCUT2D eigenvalue weighted by atomic mass is 9.88. The van der Waals surface area contributed by atoms with E-state index in [1.807, 2.05) is 19.1 Å². The minimum absolute atomic E-state index is 0.267. The van der Waals surface area contributed by atoms with Crippen molar-refractivity contribution in [2.24, 2.45) is 5.92 Å². The maximum atomic E-state index is 12.5. The van der Waals surface area contributed by atoms with Gasteiger partial charge in [-0.25, -0.2) is 4.79 Å². The number of fused-ring (bicyclic) bond motifs is 1. The standard InChI is InChI=1S/C19H23N3O2S2/c1-3-24-18(23)16-14-7-6-12(2)9-15(14)26-17(16)22-19(25)21-11-13-5-4-8-20-10-13/h4-5,8,10,12H,3,6-7,9,11H2,1-2H3,(H2,21,22,25)/t12-/m1/s1. The predicted molar refractivity (Wildman–Crippen MR) is 109 cm³/mol. The van der Waals surface area contributed by atoms with Crippen LogP contribution in [0.1, 0.15) is 46.6 Å². The summed E-state index contributed by atoms with van der Waals surface area (Å²) in [5.74, 6) is 0.372. The van der Waals surface area contributed by atoms with E-state index in [-0.39, 0.29) is 5.97 Å². The molecule has 3 rings (SSSR count). The smallest absolute Gasteiger partial charge is 0.341 e. The molecule has 0 spiro atoms. The van der Waals surface area contributed by atoms with Crippen molar-refractivity contribution in [3.05, 3.63) is 46.1 Å². The first-order chi connectivity index (χ1) is 12.6. The van der Waals surface area contributed by atoms with Crippen LogP contribution in [0.15, 0.2) is 24.5 Å². The zero-order chi connectivity index (χ0) is 18.5. The zero-order valence-corrected chi connectivity index (χ0v) is 16.6. The average Bonchev–Trinajstić information content (AvgIpc) is 2.98. The highest BCUT2D eigenvalue weighted by molar-refractivity contribution is 7.80. The summed E-state index contributed by atoms with van der Waals surface area (Å²) in [6.07, 6.45) is 6.55. The van der Waals surface area contributed by atoms with Crippen LogP contribution in [-0.4, -0.2) is 22.7 Å². The molecule has 0 bridgehead atoms. The molecule has 26 heavy (non-hydrogen) atoms. The number of ether oxygens (including phenoxy) is 1. The second kappa shape index (κ2) is 8.60. The first-order valence-corrected chi connectivity index (χ1v) is 10.1. The topological polar surface area (TPSA) is 63.2 Å². The number of hydrogen-bond donors (Lipinski definition) is 2. The SMILES string of the molecule is CCOC(=O)c1c(NC(=S)NCc2cccnc2)sc2c1CC[C@@H](C)C2. The van der Waals surface area contributed by atoms with Crippen molar-refractivity contribution in [3.63, 3.8) is 0 Å². The third-order valence-corrected chi connectivity index (χ3v) is 5.81. The van der Waals surface area contributed by atoms with Gasteiger partial charge in [0.05, 0.1) is 12.2 Å². The van der Waals surface area contributed by atoms with Crippen molar-refractivity contribution in [1.29, 1.82) is 0 Å². The van der Waals surface area contributed by atoms with E-state index in [1.165, 1.54) is 4.88 Å². The van der Waals surface area contributed by atoms with Gasteiger partial charge in [0.15, 0.2) is 5.11 Å². The van der Waals surface area contributed by atoms with Gasteiger partial charge in [0, 0.05) is 23.8 Å². The second-order valence-corrected chi connectivity index (χ2v) is 7.96. The lowest BCUT2D eigenvalue weighted by Crippen LogP contribution is -2.28. The van der Waals surface area contributed by atoms with E-state index in [2.05, 4.69) is 22.5 Å². The fourth-order valence-electron chi connectivity index (χ4n) is 3.09. The number of hydrogen-bond acceptors (Lipinski definition) is 5. The van der Waals surface area contributed by atoms with Gasteiger partial charge in [-0.05, 0) is 61.5 Å². The predicted octanol–water partition coefficient (Wildman–Crippen LogP) is 3.93. The Balaban J connectivity index is 1.75. The lowest BCUT2D eigenvalue weighted by molar-refractivity contribution is 0.0526. The fourth-order valence-corrected chi connectivity index (χ4v) is 4.73. The van der Waals surface area contributed by atoms with Crippen LogP contribution in [0.3, 0.4) is 0 Å². The lowest BCUT2D eigenvalue weighted by Gasteiger charge is -2.18. The fraction of sp³-hybridized carbons (Fsp3) is 0.421. The van der Waals surface area contributed by atoms with Crippen LogP contribution in [0.2, 0.25) is 0 Å². The molecule has 5 nitrogen and oxygen atoms in total. The van der Waals surface area contributed by atoms with Crippen LogP contribution < -0.4 is 10.6 Å². The van der Waals surface area contributed by atoms with Crippen LogP contribution in [0, 0.1) is 5.92 Å². The van der Waals surface area contributed by atoms with Gasteiger partial charge in [-0.1, -0.05) is 13.0 Å². The van der Waals surface area contributed by atoms with Gasteiger partial charge in [0.25, 0.3) is 0 Å². The molecule has 2 N–H and O–H groups in total. The van der Waals surface area contributed by atoms with Crippen LogP contribution in [0.25, 0.3) is 0 Å². The number of anilines is 1. The molecular weight excluding hydrogens is 366 g/mol. The Morgan fingerprint density at radius 1 is 1.50 bits per heavy atom. The highest BCUT2D eigenvalue weighted by Gasteiger charge is 2.28. The van der Waals surface area contributed by atoms with Crippen LogP contribution in [-0.2, 0) is 24.1 Å². The third kappa shape index (κ3) is 4.40. The molecule has 7 heteroatoms. The highest BCUT2D eigenvalue weighted by Crippen LogP contribution is 2.40. The molecular formula is C19H23N3O2S2. The van der Waals surface area contributed by atoms with E-state index in [0.717, 1.165) is 35.4 Å². The summed E-state index contributed by atoms with van der Waals surface area (Å²) in [6, 6.07) is 3.87. The van der Waals surface area contributed by atoms with Crippen LogP contribution >= 0.6 is 23.6 Å². The Labute approximate surface area is 163 Å². The molecule has 0 unspecified atom stereocenters. The van der Waals surface area contributed by atoms with Gasteiger partial charge in [0.2, 0.25) is 0 Å². The average molecular weight is 390 g/mol. The van der Waals surface area contributed by atoms with E-state index in [1.54, 1.807) is 23.7 Å². The van der Waals surface area contributed by atoms with Crippen LogP contribution in [0.5, 0.6) is 0 Å². The molecule has 1 aliphatic carbocycles. The van der Waals surface area contributed by atoms with Crippen molar-refractivity contribution >= 4 is 39.6 Å². The summed E-state index contributed by atoms with van der Waals surface area (Å²) in [5, 5.41) is 7.65. The van der Waals surface area contributed by atoms with Crippen molar-refractivity contribution < 1.29 is 9.53 Å². The first-order valence-electron chi connectivity index (χ1n) is 8.83. The number of rotatable bonds is 5. The Morgan fingerprint density at radius 3 is 3.08 bits per heavy atom. The summed E-state index contributed by atoms with van der Waals surface area (Å²) in [7, 11) is 0. The maximum Gasteiger partial charge on any atom is 0.341 e. The van der Waals surface area contributed by atoms with Gasteiger partial charge < -0.3 is 15.4 Å². The summed E-state index contributed by atoms with van der Waals surface area (Å²) < 4.78 is 5.29. The summed E-state index contributed by atoms with van der Waals surface area (Å²) in [6.45, 7) is 5.02. The Morgan fingerprint density at radius 2 is 2.35 bits per heavy atom. The molecule has 1 aliphatic rings. The van der Waals surface area contributed by atoms with Crippen molar-refractivity contribution in [2.75, 3.05) is 11.9 Å². The maximum absolute atomic E-state index is 12.5. The third-order valence-electron chi connectivity index (χ3n) is 4.39. The van der Waals surface area contributed by atoms with E-state index < -0.39 is 0 Å². The van der Waals surface area contributed by atoms with Gasteiger partial charge in [-0.15, -0.1) is 11.3 Å². The molecule has 0 aliphatic heterocycles. The minimum atomic E-state index is -0.267. The summed E-state index contributed by atoms with van der Waals surface area (Å²) in [4.78, 5) is 17.9. The molecule has 2 aromatic rings. The molecule has 0 saturated carbocycles. The van der Waals surface area contributed by atoms with E-state index in [4.69, 9.17) is 17.0 Å². The quantitative estimate of drug-likeness (QED) is 0.597. The van der Waals surface area contributed by atoms with Gasteiger partial charge in [-0.2, -0.15) is 0 Å². The molecule has 0 aromatic carbocycles. The molecule has 2 heterocycles. The molecule has 0 radical (unpaired) electrons. The van der Waals surface area contributed by atoms with Crippen molar-refractivity contribution in [3.8, 4) is 0 Å². The monoisotopic (exact) mass is 389 g/mol. The number of carbonyl (C=O) groups is 1. The largest absolute Gasteiger partial charge is 0.462 e.